The lowest BCUT2D eigenvalue weighted by Crippen LogP contribution is -2.12. The van der Waals surface area contributed by atoms with E-state index in [0.717, 1.165) is 26.9 Å². The van der Waals surface area contributed by atoms with Crippen LogP contribution in [-0.2, 0) is 0 Å². The van der Waals surface area contributed by atoms with E-state index < -0.39 is 0 Å². The Bertz CT molecular complexity index is 1160. The molecule has 0 aliphatic carbocycles. The number of nitrogens with one attached hydrogen (secondary N) is 1. The van der Waals surface area contributed by atoms with Gasteiger partial charge < -0.3 is 15.8 Å². The minimum atomic E-state index is -0.304. The zero-order chi connectivity index (χ0) is 19.7. The molecule has 0 saturated heterocycles. The molecule has 4 rings (SSSR count). The molecule has 0 fully saturated rings. The second-order valence-electron chi connectivity index (χ2n) is 5.94. The van der Waals surface area contributed by atoms with Crippen LogP contribution >= 0.6 is 27.3 Å². The van der Waals surface area contributed by atoms with E-state index in [1.54, 1.807) is 25.4 Å². The maximum absolute atomic E-state index is 12.6. The zero-order valence-electron chi connectivity index (χ0n) is 14.8. The van der Waals surface area contributed by atoms with E-state index >= 15 is 0 Å². The Balaban J connectivity index is 1.65. The summed E-state index contributed by atoms with van der Waals surface area (Å²) in [6.07, 6.45) is 1.62. The molecule has 3 N–H and O–H groups in total. The summed E-state index contributed by atoms with van der Waals surface area (Å²) >= 11 is 4.58. The standard InChI is InChI=1S/C20H15BrN4O2S/c1-27-13-5-2-11(3-6-13)15-8-7-14-17(22)18(28-20(14)24-15)19(26)25-16-9-4-12(21)10-23-16/h2-10H,22H2,1H3,(H,23,25,26). The van der Waals surface area contributed by atoms with Gasteiger partial charge in [-0.25, -0.2) is 9.97 Å². The van der Waals surface area contributed by atoms with Crippen molar-refractivity contribution in [2.45, 2.75) is 0 Å². The van der Waals surface area contributed by atoms with E-state index in [1.807, 2.05) is 36.4 Å². The highest BCUT2D eigenvalue weighted by Gasteiger charge is 2.18. The molecule has 0 atom stereocenters. The fourth-order valence-electron chi connectivity index (χ4n) is 2.71. The van der Waals surface area contributed by atoms with Crippen molar-refractivity contribution in [3.8, 4) is 17.0 Å². The van der Waals surface area contributed by atoms with Crippen molar-refractivity contribution in [1.29, 1.82) is 0 Å². The van der Waals surface area contributed by atoms with E-state index in [-0.39, 0.29) is 5.91 Å². The fourth-order valence-corrected chi connectivity index (χ4v) is 3.93. The number of rotatable bonds is 4. The van der Waals surface area contributed by atoms with E-state index in [0.29, 0.717) is 21.2 Å². The lowest BCUT2D eigenvalue weighted by molar-refractivity contribution is 0.103. The monoisotopic (exact) mass is 454 g/mol. The lowest BCUT2D eigenvalue weighted by Gasteiger charge is -2.03. The van der Waals surface area contributed by atoms with E-state index in [9.17, 15) is 4.79 Å². The van der Waals surface area contributed by atoms with Crippen LogP contribution in [0.5, 0.6) is 5.75 Å². The maximum atomic E-state index is 12.6. The second-order valence-corrected chi connectivity index (χ2v) is 7.85. The van der Waals surface area contributed by atoms with Gasteiger partial charge in [0.15, 0.2) is 0 Å². The third-order valence-electron chi connectivity index (χ3n) is 4.15. The Labute approximate surface area is 173 Å². The van der Waals surface area contributed by atoms with Crippen molar-refractivity contribution >= 4 is 54.9 Å². The highest BCUT2D eigenvalue weighted by atomic mass is 79.9. The molecule has 3 heterocycles. The SMILES string of the molecule is COc1ccc(-c2ccc3c(N)c(C(=O)Nc4ccc(Br)cn4)sc3n2)cc1. The average molecular weight is 455 g/mol. The molecular formula is C20H15BrN4O2S. The van der Waals surface area contributed by atoms with Crippen LogP contribution in [0.25, 0.3) is 21.5 Å². The molecule has 0 aliphatic heterocycles. The van der Waals surface area contributed by atoms with Crippen LogP contribution in [0.3, 0.4) is 0 Å². The first-order chi connectivity index (χ1) is 13.5. The number of nitrogens with zero attached hydrogens (tertiary/aromatic N) is 2. The summed E-state index contributed by atoms with van der Waals surface area (Å²) in [5, 5.41) is 3.52. The maximum Gasteiger partial charge on any atom is 0.269 e. The number of anilines is 2. The number of benzene rings is 1. The molecular weight excluding hydrogens is 440 g/mol. The number of carbonyl (C=O) groups is 1. The minimum Gasteiger partial charge on any atom is -0.497 e. The van der Waals surface area contributed by atoms with Gasteiger partial charge >= 0.3 is 0 Å². The minimum absolute atomic E-state index is 0.304. The summed E-state index contributed by atoms with van der Waals surface area (Å²) in [7, 11) is 1.63. The van der Waals surface area contributed by atoms with Crippen LogP contribution in [0, 0.1) is 0 Å². The van der Waals surface area contributed by atoms with Gasteiger partial charge in [-0.1, -0.05) is 0 Å². The number of hydrogen-bond acceptors (Lipinski definition) is 6. The molecule has 0 saturated carbocycles. The van der Waals surface area contributed by atoms with E-state index in [1.165, 1.54) is 11.3 Å². The summed E-state index contributed by atoms with van der Waals surface area (Å²) in [5.74, 6) is 0.934. The number of nitrogen functional groups attached to an aromatic ring is 1. The molecule has 0 unspecified atom stereocenters. The number of thiophene rings is 1. The molecule has 0 spiro atoms. The van der Waals surface area contributed by atoms with E-state index in [2.05, 4.69) is 31.2 Å². The topological polar surface area (TPSA) is 90.1 Å². The summed E-state index contributed by atoms with van der Waals surface area (Å²) < 4.78 is 6.02. The quantitative estimate of drug-likeness (QED) is 0.454. The first-order valence-corrected chi connectivity index (χ1v) is 9.92. The number of methoxy groups -OCH3 is 1. The highest BCUT2D eigenvalue weighted by Crippen LogP contribution is 2.34. The third kappa shape index (κ3) is 3.56. The predicted octanol–water partition coefficient (Wildman–Crippen LogP) is 4.96. The summed E-state index contributed by atoms with van der Waals surface area (Å²) in [4.78, 5) is 22.6. The van der Waals surface area contributed by atoms with Gasteiger partial charge in [0.05, 0.1) is 18.5 Å². The van der Waals surface area contributed by atoms with Crippen LogP contribution in [-0.4, -0.2) is 23.0 Å². The van der Waals surface area contributed by atoms with Crippen LogP contribution in [0.4, 0.5) is 11.5 Å². The summed E-state index contributed by atoms with van der Waals surface area (Å²) in [6.45, 7) is 0. The number of pyridine rings is 2. The van der Waals surface area contributed by atoms with Gasteiger partial charge in [-0.2, -0.15) is 0 Å². The Morgan fingerprint density at radius 3 is 2.61 bits per heavy atom. The van der Waals surface area contributed by atoms with Gasteiger partial charge in [0.1, 0.15) is 21.3 Å². The van der Waals surface area contributed by atoms with Crippen molar-refractivity contribution < 1.29 is 9.53 Å². The first-order valence-electron chi connectivity index (χ1n) is 8.31. The normalized spacial score (nSPS) is 10.8. The van der Waals surface area contributed by atoms with Crippen LogP contribution in [0.15, 0.2) is 59.2 Å². The molecule has 1 amide bonds. The van der Waals surface area contributed by atoms with Gasteiger partial charge in [0.2, 0.25) is 0 Å². The molecule has 1 aromatic carbocycles. The van der Waals surface area contributed by atoms with Gasteiger partial charge in [-0.05, 0) is 64.5 Å². The number of ether oxygens (including phenoxy) is 1. The molecule has 4 aromatic rings. The van der Waals surface area contributed by atoms with Crippen LogP contribution in [0.2, 0.25) is 0 Å². The fraction of sp³-hybridized carbons (Fsp3) is 0.0500. The largest absolute Gasteiger partial charge is 0.497 e. The number of amides is 1. The molecule has 140 valence electrons. The number of hydrogen-bond donors (Lipinski definition) is 2. The number of halogens is 1. The Kier molecular flexibility index (Phi) is 4.97. The highest BCUT2D eigenvalue weighted by molar-refractivity contribution is 9.10. The summed E-state index contributed by atoms with van der Waals surface area (Å²) in [5.41, 5.74) is 8.39. The molecule has 8 heteroatoms. The van der Waals surface area contributed by atoms with Crippen molar-refractivity contribution in [1.82, 2.24) is 9.97 Å². The van der Waals surface area contributed by atoms with Crippen LogP contribution in [0.1, 0.15) is 9.67 Å². The lowest BCUT2D eigenvalue weighted by atomic mass is 10.1. The molecule has 0 bridgehead atoms. The first kappa shape index (κ1) is 18.4. The number of carbonyl (C=O) groups excluding carboxylic acids is 1. The van der Waals surface area contributed by atoms with Crippen LogP contribution < -0.4 is 15.8 Å². The average Bonchev–Trinajstić information content (AvgIpc) is 3.06. The van der Waals surface area contributed by atoms with Crippen molar-refractivity contribution in [2.75, 3.05) is 18.2 Å². The second kappa shape index (κ2) is 7.57. The molecule has 6 nitrogen and oxygen atoms in total. The van der Waals surface area contributed by atoms with E-state index in [4.69, 9.17) is 10.5 Å². The summed E-state index contributed by atoms with van der Waals surface area (Å²) in [6, 6.07) is 15.0. The van der Waals surface area contributed by atoms with Crippen molar-refractivity contribution in [3.63, 3.8) is 0 Å². The molecule has 3 aromatic heterocycles. The molecule has 28 heavy (non-hydrogen) atoms. The van der Waals surface area contributed by atoms with Gasteiger partial charge in [0, 0.05) is 21.6 Å². The predicted molar refractivity (Wildman–Crippen MR) is 116 cm³/mol. The third-order valence-corrected chi connectivity index (χ3v) is 5.74. The Morgan fingerprint density at radius 2 is 1.93 bits per heavy atom. The van der Waals surface area contributed by atoms with Gasteiger partial charge in [0.25, 0.3) is 5.91 Å². The number of fused-ring (bicyclic) bond motifs is 1. The Hall–Kier alpha value is -2.97. The van der Waals surface area contributed by atoms with Gasteiger partial charge in [-0.3, -0.25) is 4.79 Å². The molecule has 0 aliphatic rings. The Morgan fingerprint density at radius 1 is 1.14 bits per heavy atom. The van der Waals surface area contributed by atoms with Crippen molar-refractivity contribution in [2.24, 2.45) is 0 Å². The smallest absolute Gasteiger partial charge is 0.269 e. The van der Waals surface area contributed by atoms with Crippen molar-refractivity contribution in [3.05, 3.63) is 64.1 Å². The zero-order valence-corrected chi connectivity index (χ0v) is 17.2. The van der Waals surface area contributed by atoms with Gasteiger partial charge in [-0.15, -0.1) is 11.3 Å². The molecule has 0 radical (unpaired) electrons. The number of aromatic nitrogens is 2. The number of nitrogens with two attached hydrogens (primary N) is 1.